The predicted octanol–water partition coefficient (Wildman–Crippen LogP) is 1.10. The third-order valence-corrected chi connectivity index (χ3v) is 6.01. The fourth-order valence-corrected chi connectivity index (χ4v) is 4.79. The summed E-state index contributed by atoms with van der Waals surface area (Å²) in [5.41, 5.74) is 1.16. The number of carbonyl (C=O) groups excluding carboxylic acids is 2. The maximum Gasteiger partial charge on any atom is 0.242 e. The second-order valence-corrected chi connectivity index (χ2v) is 8.42. The first-order valence-corrected chi connectivity index (χ1v) is 10.3. The van der Waals surface area contributed by atoms with Gasteiger partial charge in [0.05, 0.1) is 30.8 Å². The molecular formula is C17H25N3O5S. The second kappa shape index (κ2) is 8.39. The Hall–Kier alpha value is -2.29. The number of methoxy groups -OCH3 is 1. The molecule has 144 valence electrons. The molecule has 0 aromatic heterocycles. The SMILES string of the molecule is CCN(C(=O)CNc1cc(NC(C)=O)ccc1OC)[C@@H]1CCS(=O)(=O)C1. The van der Waals surface area contributed by atoms with Gasteiger partial charge < -0.3 is 20.3 Å². The highest BCUT2D eigenvalue weighted by molar-refractivity contribution is 7.91. The van der Waals surface area contributed by atoms with Gasteiger partial charge in [-0.3, -0.25) is 9.59 Å². The Labute approximate surface area is 153 Å². The number of benzene rings is 1. The van der Waals surface area contributed by atoms with Crippen LogP contribution in [0.1, 0.15) is 20.3 Å². The lowest BCUT2D eigenvalue weighted by Crippen LogP contribution is -2.43. The number of rotatable bonds is 7. The van der Waals surface area contributed by atoms with E-state index in [0.29, 0.717) is 30.1 Å². The van der Waals surface area contributed by atoms with Gasteiger partial charge in [0.2, 0.25) is 11.8 Å². The third-order valence-electron chi connectivity index (χ3n) is 4.26. The summed E-state index contributed by atoms with van der Waals surface area (Å²) in [7, 11) is -1.54. The van der Waals surface area contributed by atoms with E-state index in [-0.39, 0.29) is 35.9 Å². The minimum atomic E-state index is -3.05. The third kappa shape index (κ3) is 5.10. The molecule has 0 bridgehead atoms. The maximum atomic E-state index is 12.6. The molecule has 1 aliphatic rings. The molecule has 2 N–H and O–H groups in total. The molecule has 1 aliphatic heterocycles. The van der Waals surface area contributed by atoms with Gasteiger partial charge in [-0.2, -0.15) is 0 Å². The molecule has 8 nitrogen and oxygen atoms in total. The van der Waals surface area contributed by atoms with E-state index < -0.39 is 9.84 Å². The molecule has 9 heteroatoms. The topological polar surface area (TPSA) is 105 Å². The van der Waals surface area contributed by atoms with Crippen molar-refractivity contribution in [3.8, 4) is 5.75 Å². The standard InChI is InChI=1S/C17H25N3O5S/c1-4-20(14-7-8-26(23,24)11-14)17(22)10-18-15-9-13(19-12(2)21)5-6-16(15)25-3/h5-6,9,14,18H,4,7-8,10-11H2,1-3H3,(H,19,21)/t14-/m1/s1. The summed E-state index contributed by atoms with van der Waals surface area (Å²) in [5.74, 6) is 0.312. The zero-order valence-corrected chi connectivity index (χ0v) is 16.1. The zero-order chi connectivity index (χ0) is 19.3. The summed E-state index contributed by atoms with van der Waals surface area (Å²) in [5, 5.41) is 5.69. The van der Waals surface area contributed by atoms with Gasteiger partial charge in [-0.05, 0) is 31.5 Å². The highest BCUT2D eigenvalue weighted by Gasteiger charge is 2.33. The Kier molecular flexibility index (Phi) is 6.47. The van der Waals surface area contributed by atoms with Crippen molar-refractivity contribution >= 4 is 33.0 Å². The summed E-state index contributed by atoms with van der Waals surface area (Å²) in [6.45, 7) is 3.70. The molecule has 2 amide bonds. The van der Waals surface area contributed by atoms with Crippen LogP contribution >= 0.6 is 0 Å². The van der Waals surface area contributed by atoms with Crippen LogP contribution in [-0.4, -0.2) is 62.9 Å². The molecule has 1 fully saturated rings. The van der Waals surface area contributed by atoms with Crippen molar-refractivity contribution in [2.75, 3.05) is 42.3 Å². The highest BCUT2D eigenvalue weighted by Crippen LogP contribution is 2.28. The minimum Gasteiger partial charge on any atom is -0.495 e. The molecule has 0 spiro atoms. The largest absolute Gasteiger partial charge is 0.495 e. The molecular weight excluding hydrogens is 358 g/mol. The lowest BCUT2D eigenvalue weighted by Gasteiger charge is -2.27. The van der Waals surface area contributed by atoms with Crippen LogP contribution in [0.25, 0.3) is 0 Å². The van der Waals surface area contributed by atoms with E-state index in [1.165, 1.54) is 14.0 Å². The van der Waals surface area contributed by atoms with E-state index in [2.05, 4.69) is 10.6 Å². The fourth-order valence-electron chi connectivity index (χ4n) is 3.06. The van der Waals surface area contributed by atoms with Crippen LogP contribution in [0, 0.1) is 0 Å². The molecule has 0 saturated carbocycles. The molecule has 1 aromatic rings. The molecule has 0 aliphatic carbocycles. The van der Waals surface area contributed by atoms with Gasteiger partial charge >= 0.3 is 0 Å². The number of ether oxygens (including phenoxy) is 1. The van der Waals surface area contributed by atoms with Gasteiger partial charge in [0, 0.05) is 25.2 Å². The van der Waals surface area contributed by atoms with Gasteiger partial charge in [0.15, 0.2) is 9.84 Å². The van der Waals surface area contributed by atoms with E-state index in [9.17, 15) is 18.0 Å². The number of nitrogens with zero attached hydrogens (tertiary/aromatic N) is 1. The molecule has 1 heterocycles. The van der Waals surface area contributed by atoms with Crippen molar-refractivity contribution < 1.29 is 22.7 Å². The Morgan fingerprint density at radius 3 is 2.62 bits per heavy atom. The average Bonchev–Trinajstić information content (AvgIpc) is 2.93. The van der Waals surface area contributed by atoms with Gasteiger partial charge in [-0.15, -0.1) is 0 Å². The average molecular weight is 383 g/mol. The number of nitrogens with one attached hydrogen (secondary N) is 2. The first-order chi connectivity index (χ1) is 12.3. The monoisotopic (exact) mass is 383 g/mol. The van der Waals surface area contributed by atoms with Gasteiger partial charge in [0.1, 0.15) is 5.75 Å². The fraction of sp³-hybridized carbons (Fsp3) is 0.529. The van der Waals surface area contributed by atoms with Crippen molar-refractivity contribution in [1.29, 1.82) is 0 Å². The van der Waals surface area contributed by atoms with Gasteiger partial charge in [-0.25, -0.2) is 8.42 Å². The highest BCUT2D eigenvalue weighted by atomic mass is 32.2. The molecule has 0 radical (unpaired) electrons. The van der Waals surface area contributed by atoms with E-state index >= 15 is 0 Å². The Morgan fingerprint density at radius 2 is 2.08 bits per heavy atom. The summed E-state index contributed by atoms with van der Waals surface area (Å²) in [6, 6.07) is 4.81. The van der Waals surface area contributed by atoms with Crippen LogP contribution in [0.2, 0.25) is 0 Å². The number of anilines is 2. The predicted molar refractivity (Wildman–Crippen MR) is 100 cm³/mol. The molecule has 1 aromatic carbocycles. The number of hydrogen-bond acceptors (Lipinski definition) is 6. The summed E-state index contributed by atoms with van der Waals surface area (Å²) < 4.78 is 28.6. The Balaban J connectivity index is 2.06. The number of likely N-dealkylation sites (N-methyl/N-ethyl adjacent to an activating group) is 1. The minimum absolute atomic E-state index is 0.00424. The van der Waals surface area contributed by atoms with Crippen molar-refractivity contribution in [1.82, 2.24) is 4.90 Å². The second-order valence-electron chi connectivity index (χ2n) is 6.19. The van der Waals surface area contributed by atoms with Crippen LogP contribution in [0.3, 0.4) is 0 Å². The molecule has 1 atom stereocenters. The molecule has 0 unspecified atom stereocenters. The van der Waals surface area contributed by atoms with Crippen LogP contribution in [0.5, 0.6) is 5.75 Å². The Morgan fingerprint density at radius 1 is 1.35 bits per heavy atom. The van der Waals surface area contributed by atoms with Gasteiger partial charge in [-0.1, -0.05) is 0 Å². The Bertz CT molecular complexity index is 779. The number of amides is 2. The molecule has 26 heavy (non-hydrogen) atoms. The zero-order valence-electron chi connectivity index (χ0n) is 15.2. The van der Waals surface area contributed by atoms with Crippen LogP contribution in [-0.2, 0) is 19.4 Å². The lowest BCUT2D eigenvalue weighted by atomic mass is 10.2. The van der Waals surface area contributed by atoms with E-state index in [4.69, 9.17) is 4.74 Å². The molecule has 2 rings (SSSR count). The van der Waals surface area contributed by atoms with E-state index in [1.807, 2.05) is 6.92 Å². The maximum absolute atomic E-state index is 12.6. The summed E-state index contributed by atoms with van der Waals surface area (Å²) >= 11 is 0. The lowest BCUT2D eigenvalue weighted by molar-refractivity contribution is -0.130. The van der Waals surface area contributed by atoms with Crippen molar-refractivity contribution in [2.24, 2.45) is 0 Å². The number of sulfone groups is 1. The number of hydrogen-bond donors (Lipinski definition) is 2. The first kappa shape index (κ1) is 20.0. The summed E-state index contributed by atoms with van der Waals surface area (Å²) in [4.78, 5) is 25.4. The van der Waals surface area contributed by atoms with Crippen molar-refractivity contribution in [3.05, 3.63) is 18.2 Å². The van der Waals surface area contributed by atoms with E-state index in [0.717, 1.165) is 0 Å². The smallest absolute Gasteiger partial charge is 0.242 e. The van der Waals surface area contributed by atoms with Crippen LogP contribution in [0.4, 0.5) is 11.4 Å². The van der Waals surface area contributed by atoms with Crippen LogP contribution in [0.15, 0.2) is 18.2 Å². The first-order valence-electron chi connectivity index (χ1n) is 8.45. The van der Waals surface area contributed by atoms with Crippen molar-refractivity contribution in [3.63, 3.8) is 0 Å². The summed E-state index contributed by atoms with van der Waals surface area (Å²) in [6.07, 6.45) is 0.475. The van der Waals surface area contributed by atoms with E-state index in [1.54, 1.807) is 23.1 Å². The van der Waals surface area contributed by atoms with Crippen LogP contribution < -0.4 is 15.4 Å². The number of carbonyl (C=O) groups is 2. The quantitative estimate of drug-likeness (QED) is 0.731. The van der Waals surface area contributed by atoms with Crippen molar-refractivity contribution in [2.45, 2.75) is 26.3 Å². The van der Waals surface area contributed by atoms with Gasteiger partial charge in [0.25, 0.3) is 0 Å². The molecule has 1 saturated heterocycles. The normalized spacial score (nSPS) is 18.2.